The zero-order valence-electron chi connectivity index (χ0n) is 6.34. The lowest BCUT2D eigenvalue weighted by molar-refractivity contribution is -0.143. The Bertz CT molecular complexity index is 164. The van der Waals surface area contributed by atoms with Crippen molar-refractivity contribution in [2.24, 2.45) is 0 Å². The number of alkyl halides is 1. The molecule has 1 unspecified atom stereocenters. The van der Waals surface area contributed by atoms with Gasteiger partial charge >= 0.3 is 5.97 Å². The second-order valence-corrected chi connectivity index (χ2v) is 2.47. The Morgan fingerprint density at radius 1 is 1.82 bits per heavy atom. The van der Waals surface area contributed by atoms with Crippen molar-refractivity contribution >= 4 is 17.6 Å². The first-order chi connectivity index (χ1) is 5.20. The van der Waals surface area contributed by atoms with E-state index in [1.807, 2.05) is 6.07 Å². The summed E-state index contributed by atoms with van der Waals surface area (Å²) in [5.74, 6) is -0.298. The van der Waals surface area contributed by atoms with Crippen molar-refractivity contribution in [3.05, 3.63) is 0 Å². The first-order valence-corrected chi connectivity index (χ1v) is 3.83. The van der Waals surface area contributed by atoms with Gasteiger partial charge in [-0.3, -0.25) is 4.79 Å². The van der Waals surface area contributed by atoms with Crippen LogP contribution in [0.5, 0.6) is 0 Å². The van der Waals surface area contributed by atoms with Crippen molar-refractivity contribution in [3.63, 3.8) is 0 Å². The number of hydrogen-bond acceptors (Lipinski definition) is 3. The number of nitriles is 1. The van der Waals surface area contributed by atoms with Gasteiger partial charge in [0, 0.05) is 6.42 Å². The summed E-state index contributed by atoms with van der Waals surface area (Å²) in [5, 5.41) is 7.66. The minimum absolute atomic E-state index is 0.218. The second kappa shape index (κ2) is 5.99. The molecule has 4 heteroatoms. The summed E-state index contributed by atoms with van der Waals surface area (Å²) in [5.41, 5.74) is 0. The van der Waals surface area contributed by atoms with Gasteiger partial charge in [-0.1, -0.05) is 0 Å². The quantitative estimate of drug-likeness (QED) is 0.480. The molecule has 0 amide bonds. The molecule has 0 aliphatic carbocycles. The van der Waals surface area contributed by atoms with E-state index < -0.39 is 5.38 Å². The van der Waals surface area contributed by atoms with Crippen molar-refractivity contribution in [1.82, 2.24) is 0 Å². The molecular weight excluding hydrogens is 166 g/mol. The molecule has 3 nitrogen and oxygen atoms in total. The minimum atomic E-state index is -0.584. The fraction of sp³-hybridized carbons (Fsp3) is 0.714. The molecule has 0 fully saturated rings. The predicted molar refractivity (Wildman–Crippen MR) is 41.1 cm³/mol. The number of carbonyl (C=O) groups is 1. The fourth-order valence-corrected chi connectivity index (χ4v) is 0.651. The van der Waals surface area contributed by atoms with E-state index in [1.54, 1.807) is 6.92 Å². The van der Waals surface area contributed by atoms with Crippen molar-refractivity contribution in [1.29, 1.82) is 5.26 Å². The molecule has 0 aliphatic heterocycles. The molecular formula is C7H10ClNO2. The van der Waals surface area contributed by atoms with Crippen molar-refractivity contribution in [3.8, 4) is 6.07 Å². The maximum atomic E-state index is 10.7. The minimum Gasteiger partial charge on any atom is -0.466 e. The highest BCUT2D eigenvalue weighted by atomic mass is 35.5. The van der Waals surface area contributed by atoms with Crippen molar-refractivity contribution in [2.45, 2.75) is 25.1 Å². The third kappa shape index (κ3) is 5.68. The third-order valence-electron chi connectivity index (χ3n) is 1.05. The van der Waals surface area contributed by atoms with E-state index in [2.05, 4.69) is 4.74 Å². The van der Waals surface area contributed by atoms with E-state index in [0.717, 1.165) is 0 Å². The summed E-state index contributed by atoms with van der Waals surface area (Å²) < 4.78 is 4.63. The lowest BCUT2D eigenvalue weighted by atomic mass is 10.2. The van der Waals surface area contributed by atoms with E-state index >= 15 is 0 Å². The molecule has 0 saturated carbocycles. The highest BCUT2D eigenvalue weighted by Crippen LogP contribution is 2.04. The van der Waals surface area contributed by atoms with Gasteiger partial charge in [0.2, 0.25) is 0 Å². The average Bonchev–Trinajstić information content (AvgIpc) is 2.01. The smallest absolute Gasteiger partial charge is 0.305 e. The lowest BCUT2D eigenvalue weighted by Crippen LogP contribution is -2.06. The number of ether oxygens (including phenoxy) is 1. The highest BCUT2D eigenvalue weighted by Gasteiger charge is 2.06. The topological polar surface area (TPSA) is 50.1 Å². The normalized spacial score (nSPS) is 11.7. The average molecular weight is 176 g/mol. The molecule has 0 N–H and O–H groups in total. The monoisotopic (exact) mass is 175 g/mol. The molecule has 0 heterocycles. The third-order valence-corrected chi connectivity index (χ3v) is 1.36. The summed E-state index contributed by atoms with van der Waals surface area (Å²) in [7, 11) is 0. The maximum absolute atomic E-state index is 10.7. The molecule has 0 aromatic heterocycles. The Hall–Kier alpha value is -0.750. The molecule has 62 valence electrons. The van der Waals surface area contributed by atoms with Gasteiger partial charge < -0.3 is 4.74 Å². The number of nitrogens with zero attached hydrogens (tertiary/aromatic N) is 1. The molecule has 0 spiro atoms. The Labute approximate surface area is 70.9 Å². The molecule has 0 aromatic carbocycles. The fourth-order valence-electron chi connectivity index (χ4n) is 0.542. The number of carbonyl (C=O) groups excluding carboxylic acids is 1. The van der Waals surface area contributed by atoms with Gasteiger partial charge in [0.15, 0.2) is 0 Å². The van der Waals surface area contributed by atoms with Crippen LogP contribution in [0.15, 0.2) is 0 Å². The number of rotatable bonds is 4. The highest BCUT2D eigenvalue weighted by molar-refractivity contribution is 6.22. The maximum Gasteiger partial charge on any atom is 0.305 e. The number of hydrogen-bond donors (Lipinski definition) is 0. The summed E-state index contributed by atoms with van der Waals surface area (Å²) >= 11 is 5.44. The number of esters is 1. The lowest BCUT2D eigenvalue weighted by Gasteiger charge is -2.00. The van der Waals surface area contributed by atoms with Gasteiger partial charge in [-0.15, -0.1) is 11.6 Å². The summed E-state index contributed by atoms with van der Waals surface area (Å²) in [6, 6.07) is 1.82. The van der Waals surface area contributed by atoms with E-state index in [1.165, 1.54) is 0 Å². The Balaban J connectivity index is 3.39. The standard InChI is InChI=1S/C7H10ClNO2/c1-2-11-7(10)4-3-6(8)5-9/h6H,2-4H2,1H3. The van der Waals surface area contributed by atoms with Crippen LogP contribution in [-0.2, 0) is 9.53 Å². The summed E-state index contributed by atoms with van der Waals surface area (Å²) in [6.45, 7) is 2.11. The molecule has 0 bridgehead atoms. The van der Waals surface area contributed by atoms with Crippen molar-refractivity contribution in [2.75, 3.05) is 6.61 Å². The summed E-state index contributed by atoms with van der Waals surface area (Å²) in [4.78, 5) is 10.7. The van der Waals surface area contributed by atoms with Crippen LogP contribution < -0.4 is 0 Å². The Morgan fingerprint density at radius 2 is 2.45 bits per heavy atom. The van der Waals surface area contributed by atoms with Crippen LogP contribution in [0.3, 0.4) is 0 Å². The molecule has 0 rings (SSSR count). The largest absolute Gasteiger partial charge is 0.466 e. The van der Waals surface area contributed by atoms with Crippen LogP contribution in [0.2, 0.25) is 0 Å². The van der Waals surface area contributed by atoms with Gasteiger partial charge in [0.25, 0.3) is 0 Å². The molecule has 0 saturated heterocycles. The van der Waals surface area contributed by atoms with Crippen LogP contribution in [0, 0.1) is 11.3 Å². The van der Waals surface area contributed by atoms with Gasteiger partial charge in [0.05, 0.1) is 12.7 Å². The first kappa shape index (κ1) is 10.2. The molecule has 0 radical (unpaired) electrons. The zero-order chi connectivity index (χ0) is 8.69. The first-order valence-electron chi connectivity index (χ1n) is 3.40. The van der Waals surface area contributed by atoms with Crippen LogP contribution >= 0.6 is 11.6 Å². The van der Waals surface area contributed by atoms with Gasteiger partial charge in [-0.25, -0.2) is 0 Å². The molecule has 1 atom stereocenters. The van der Waals surface area contributed by atoms with Gasteiger partial charge in [0.1, 0.15) is 5.38 Å². The SMILES string of the molecule is CCOC(=O)CCC(Cl)C#N. The Kier molecular flexibility index (Phi) is 5.58. The molecule has 0 aliphatic rings. The van der Waals surface area contributed by atoms with Crippen LogP contribution in [0.4, 0.5) is 0 Å². The zero-order valence-corrected chi connectivity index (χ0v) is 7.10. The van der Waals surface area contributed by atoms with E-state index in [0.29, 0.717) is 13.0 Å². The van der Waals surface area contributed by atoms with E-state index in [9.17, 15) is 4.79 Å². The molecule has 0 aromatic rings. The van der Waals surface area contributed by atoms with E-state index in [-0.39, 0.29) is 12.4 Å². The van der Waals surface area contributed by atoms with Crippen LogP contribution in [0.25, 0.3) is 0 Å². The van der Waals surface area contributed by atoms with Crippen LogP contribution in [0.1, 0.15) is 19.8 Å². The second-order valence-electron chi connectivity index (χ2n) is 1.94. The molecule has 11 heavy (non-hydrogen) atoms. The van der Waals surface area contributed by atoms with Gasteiger partial charge in [-0.2, -0.15) is 5.26 Å². The van der Waals surface area contributed by atoms with Gasteiger partial charge in [-0.05, 0) is 13.3 Å². The van der Waals surface area contributed by atoms with Crippen molar-refractivity contribution < 1.29 is 9.53 Å². The van der Waals surface area contributed by atoms with E-state index in [4.69, 9.17) is 16.9 Å². The van der Waals surface area contributed by atoms with Crippen LogP contribution in [-0.4, -0.2) is 18.0 Å². The number of halogens is 1. The Morgan fingerprint density at radius 3 is 2.91 bits per heavy atom. The summed E-state index contributed by atoms with van der Waals surface area (Å²) in [6.07, 6.45) is 0.576. The predicted octanol–water partition coefficient (Wildman–Crippen LogP) is 1.46.